The van der Waals surface area contributed by atoms with Crippen LogP contribution < -0.4 is 5.32 Å². The maximum atomic E-state index is 13.3. The van der Waals surface area contributed by atoms with Crippen LogP contribution >= 0.6 is 0 Å². The second kappa shape index (κ2) is 7.08. The first-order valence-electron chi connectivity index (χ1n) is 8.97. The molecule has 0 spiro atoms. The van der Waals surface area contributed by atoms with Gasteiger partial charge in [-0.25, -0.2) is 8.42 Å². The van der Waals surface area contributed by atoms with Crippen molar-refractivity contribution < 1.29 is 13.2 Å². The summed E-state index contributed by atoms with van der Waals surface area (Å²) in [5.41, 5.74) is 2.72. The smallest absolute Gasteiger partial charge is 0.247 e. The molecular formula is C17H26N6O3S. The van der Waals surface area contributed by atoms with Crippen LogP contribution in [-0.2, 0) is 34.5 Å². The molecule has 1 N–H and O–H groups in total. The fraction of sp³-hybridized carbons (Fsp3) is 0.588. The molecule has 2 aromatic heterocycles. The largest absolute Gasteiger partial charge is 0.351 e. The maximum absolute atomic E-state index is 13.3. The molecule has 0 radical (unpaired) electrons. The molecule has 0 saturated heterocycles. The van der Waals surface area contributed by atoms with E-state index in [0.717, 1.165) is 11.4 Å². The molecule has 0 aliphatic carbocycles. The summed E-state index contributed by atoms with van der Waals surface area (Å²) in [6.45, 7) is 10.4. The van der Waals surface area contributed by atoms with Crippen molar-refractivity contribution >= 4 is 15.9 Å². The van der Waals surface area contributed by atoms with Crippen LogP contribution in [0.3, 0.4) is 0 Å². The van der Waals surface area contributed by atoms with Crippen molar-refractivity contribution in [2.45, 2.75) is 65.2 Å². The molecule has 9 nitrogen and oxygen atoms in total. The van der Waals surface area contributed by atoms with E-state index in [-0.39, 0.29) is 18.5 Å². The van der Waals surface area contributed by atoms with Gasteiger partial charge < -0.3 is 5.32 Å². The Kier molecular flexibility index (Phi) is 5.13. The number of carbonyl (C=O) groups excluding carboxylic acids is 1. The quantitative estimate of drug-likeness (QED) is 0.819. The molecule has 27 heavy (non-hydrogen) atoms. The highest BCUT2D eigenvalue weighted by Gasteiger charge is 2.34. The first kappa shape index (κ1) is 19.6. The molecule has 10 heteroatoms. The molecule has 0 bridgehead atoms. The Bertz CT molecular complexity index is 973. The summed E-state index contributed by atoms with van der Waals surface area (Å²) in [6, 6.07) is 1.93. The van der Waals surface area contributed by atoms with Crippen LogP contribution in [0.4, 0.5) is 0 Å². The van der Waals surface area contributed by atoms with Gasteiger partial charge in [0.2, 0.25) is 15.9 Å². The molecule has 2 aromatic rings. The minimum Gasteiger partial charge on any atom is -0.351 e. The third-order valence-electron chi connectivity index (χ3n) is 4.68. The van der Waals surface area contributed by atoms with Crippen molar-refractivity contribution in [3.63, 3.8) is 0 Å². The minimum absolute atomic E-state index is 0.0896. The van der Waals surface area contributed by atoms with E-state index in [1.54, 1.807) is 23.2 Å². The lowest BCUT2D eigenvalue weighted by atomic mass is 10.3. The van der Waals surface area contributed by atoms with E-state index in [1.165, 1.54) is 11.2 Å². The number of amides is 1. The lowest BCUT2D eigenvalue weighted by Gasteiger charge is -2.27. The Morgan fingerprint density at radius 1 is 1.26 bits per heavy atom. The number of sulfonamides is 1. The molecule has 0 aromatic carbocycles. The standard InChI is InChI=1S/C17H26N6O3S/c1-11(2)23-13(4)17(12(3)19-23)27(25,26)21-6-7-22-16(10-21)8-15(20-22)9-18-14(5)24/h8,11H,6-7,9-10H2,1-5H3,(H,18,24). The summed E-state index contributed by atoms with van der Waals surface area (Å²) >= 11 is 0. The lowest BCUT2D eigenvalue weighted by molar-refractivity contribution is -0.119. The highest BCUT2D eigenvalue weighted by Crippen LogP contribution is 2.28. The van der Waals surface area contributed by atoms with Crippen molar-refractivity contribution in [3.05, 3.63) is 28.8 Å². The fourth-order valence-corrected chi connectivity index (χ4v) is 5.22. The number of carbonyl (C=O) groups is 1. The molecule has 0 unspecified atom stereocenters. The maximum Gasteiger partial charge on any atom is 0.247 e. The molecule has 0 fully saturated rings. The molecule has 3 rings (SSSR count). The average molecular weight is 395 g/mol. The Morgan fingerprint density at radius 2 is 1.96 bits per heavy atom. The molecular weight excluding hydrogens is 368 g/mol. The number of aryl methyl sites for hydroxylation is 1. The van der Waals surface area contributed by atoms with Crippen molar-refractivity contribution in [2.75, 3.05) is 6.54 Å². The van der Waals surface area contributed by atoms with Gasteiger partial charge in [-0.15, -0.1) is 0 Å². The zero-order chi connectivity index (χ0) is 19.9. The zero-order valence-corrected chi connectivity index (χ0v) is 17.2. The van der Waals surface area contributed by atoms with Crippen molar-refractivity contribution in [3.8, 4) is 0 Å². The highest BCUT2D eigenvalue weighted by molar-refractivity contribution is 7.89. The minimum atomic E-state index is -3.66. The number of nitrogens with zero attached hydrogens (tertiary/aromatic N) is 5. The van der Waals surface area contributed by atoms with Gasteiger partial charge in [-0.3, -0.25) is 14.2 Å². The Balaban J connectivity index is 1.87. The highest BCUT2D eigenvalue weighted by atomic mass is 32.2. The van der Waals surface area contributed by atoms with Crippen LogP contribution in [0.5, 0.6) is 0 Å². The summed E-state index contributed by atoms with van der Waals surface area (Å²) in [5.74, 6) is -0.127. The van der Waals surface area contributed by atoms with Gasteiger partial charge in [0.25, 0.3) is 0 Å². The molecule has 1 aliphatic heterocycles. The average Bonchev–Trinajstić information content (AvgIpc) is 3.12. The summed E-state index contributed by atoms with van der Waals surface area (Å²) < 4.78 is 31.6. The van der Waals surface area contributed by atoms with E-state index in [2.05, 4.69) is 15.5 Å². The van der Waals surface area contributed by atoms with Crippen LogP contribution in [0.2, 0.25) is 0 Å². The summed E-state index contributed by atoms with van der Waals surface area (Å²) in [5, 5.41) is 11.6. The molecule has 0 saturated carbocycles. The van der Waals surface area contributed by atoms with Crippen LogP contribution in [0.1, 0.15) is 49.6 Å². The van der Waals surface area contributed by atoms with Gasteiger partial charge in [-0.1, -0.05) is 0 Å². The zero-order valence-electron chi connectivity index (χ0n) is 16.4. The van der Waals surface area contributed by atoms with Gasteiger partial charge in [0, 0.05) is 19.5 Å². The van der Waals surface area contributed by atoms with E-state index >= 15 is 0 Å². The third kappa shape index (κ3) is 3.63. The summed E-state index contributed by atoms with van der Waals surface area (Å²) in [6.07, 6.45) is 0. The topological polar surface area (TPSA) is 102 Å². The van der Waals surface area contributed by atoms with Crippen LogP contribution in [0, 0.1) is 13.8 Å². The van der Waals surface area contributed by atoms with Gasteiger partial charge >= 0.3 is 0 Å². The number of aromatic nitrogens is 4. The first-order chi connectivity index (χ1) is 12.6. The van der Waals surface area contributed by atoms with E-state index in [4.69, 9.17) is 0 Å². The number of hydrogen-bond acceptors (Lipinski definition) is 5. The predicted molar refractivity (Wildman–Crippen MR) is 99.4 cm³/mol. The number of nitrogens with one attached hydrogen (secondary N) is 1. The molecule has 1 aliphatic rings. The van der Waals surface area contributed by atoms with Gasteiger partial charge in [0.1, 0.15) is 4.90 Å². The predicted octanol–water partition coefficient (Wildman–Crippen LogP) is 1.12. The van der Waals surface area contributed by atoms with Crippen molar-refractivity contribution in [1.82, 2.24) is 29.2 Å². The van der Waals surface area contributed by atoms with Crippen molar-refractivity contribution in [1.29, 1.82) is 0 Å². The summed E-state index contributed by atoms with van der Waals surface area (Å²) in [7, 11) is -3.66. The third-order valence-corrected chi connectivity index (χ3v) is 6.78. The van der Waals surface area contributed by atoms with E-state index in [1.807, 2.05) is 19.9 Å². The fourth-order valence-electron chi connectivity index (χ4n) is 3.46. The van der Waals surface area contributed by atoms with Gasteiger partial charge in [0.05, 0.1) is 42.4 Å². The van der Waals surface area contributed by atoms with Crippen LogP contribution in [0.25, 0.3) is 0 Å². The number of hydrogen-bond donors (Lipinski definition) is 1. The first-order valence-corrected chi connectivity index (χ1v) is 10.4. The second-order valence-corrected chi connectivity index (χ2v) is 9.01. The Hall–Kier alpha value is -2.20. The molecule has 1 amide bonds. The molecule has 0 atom stereocenters. The van der Waals surface area contributed by atoms with Crippen molar-refractivity contribution in [2.24, 2.45) is 0 Å². The number of rotatable bonds is 5. The Labute approximate surface area is 159 Å². The second-order valence-electron chi connectivity index (χ2n) is 7.14. The molecule has 3 heterocycles. The Morgan fingerprint density at radius 3 is 2.56 bits per heavy atom. The summed E-state index contributed by atoms with van der Waals surface area (Å²) in [4.78, 5) is 11.4. The van der Waals surface area contributed by atoms with Crippen LogP contribution in [0.15, 0.2) is 11.0 Å². The lowest BCUT2D eigenvalue weighted by Crippen LogP contribution is -2.38. The van der Waals surface area contributed by atoms with Crippen LogP contribution in [-0.4, -0.2) is 44.7 Å². The monoisotopic (exact) mass is 394 g/mol. The molecule has 148 valence electrons. The van der Waals surface area contributed by atoms with Gasteiger partial charge in [-0.2, -0.15) is 14.5 Å². The van der Waals surface area contributed by atoms with E-state index < -0.39 is 10.0 Å². The number of fused-ring (bicyclic) bond motifs is 1. The van der Waals surface area contributed by atoms with Gasteiger partial charge in [0.15, 0.2) is 0 Å². The van der Waals surface area contributed by atoms with Gasteiger partial charge in [-0.05, 0) is 33.8 Å². The van der Waals surface area contributed by atoms with E-state index in [0.29, 0.717) is 35.9 Å². The normalized spacial score (nSPS) is 15.2. The SMILES string of the molecule is CC(=O)NCc1cc2n(n1)CCN(S(=O)(=O)c1c(C)nn(C(C)C)c1C)C2. The van der Waals surface area contributed by atoms with E-state index in [9.17, 15) is 13.2 Å².